The van der Waals surface area contributed by atoms with Crippen LogP contribution in [-0.2, 0) is 27.1 Å². The van der Waals surface area contributed by atoms with E-state index in [1.54, 1.807) is 32.9 Å². The van der Waals surface area contributed by atoms with Crippen molar-refractivity contribution < 1.29 is 16.8 Å². The summed E-state index contributed by atoms with van der Waals surface area (Å²) >= 11 is 0. The SMILES string of the molecule is CC1CC(C)CN(S(=O)(=O)c2ccc3c(c2)c(=NCCCN(C)C)c2c(S(=O)(=O)N4CC(C)CC(C)C4)cccc2n3C)C1. The van der Waals surface area contributed by atoms with Crippen molar-refractivity contribution in [1.29, 1.82) is 0 Å². The molecule has 0 spiro atoms. The Kier molecular flexibility index (Phi) is 9.64. The number of hydrogen-bond acceptors (Lipinski definition) is 6. The highest BCUT2D eigenvalue weighted by Gasteiger charge is 2.34. The lowest BCUT2D eigenvalue weighted by Gasteiger charge is -2.34. The molecule has 2 fully saturated rings. The van der Waals surface area contributed by atoms with Gasteiger partial charge in [0, 0.05) is 50.5 Å². The summed E-state index contributed by atoms with van der Waals surface area (Å²) in [6, 6.07) is 10.6. The molecule has 0 saturated carbocycles. The maximum Gasteiger partial charge on any atom is 0.243 e. The molecule has 2 aromatic carbocycles. The van der Waals surface area contributed by atoms with Crippen molar-refractivity contribution >= 4 is 41.9 Å². The topological polar surface area (TPSA) is 95.3 Å². The molecule has 2 saturated heterocycles. The van der Waals surface area contributed by atoms with Gasteiger partial charge in [0.15, 0.2) is 0 Å². The number of hydrogen-bond donors (Lipinski definition) is 0. The molecular formula is C33H49N5O4S2. The fourth-order valence-electron chi connectivity index (χ4n) is 7.31. The van der Waals surface area contributed by atoms with Gasteiger partial charge < -0.3 is 9.47 Å². The molecule has 0 amide bonds. The van der Waals surface area contributed by atoms with Crippen LogP contribution in [0.3, 0.4) is 0 Å². The second-order valence-electron chi connectivity index (χ2n) is 13.8. The monoisotopic (exact) mass is 643 g/mol. The number of pyridine rings is 1. The van der Waals surface area contributed by atoms with E-state index in [0.29, 0.717) is 48.9 Å². The van der Waals surface area contributed by atoms with E-state index in [9.17, 15) is 16.8 Å². The van der Waals surface area contributed by atoms with Crippen molar-refractivity contribution in [3.05, 3.63) is 41.8 Å². The van der Waals surface area contributed by atoms with Crippen LogP contribution in [0.15, 0.2) is 51.2 Å². The summed E-state index contributed by atoms with van der Waals surface area (Å²) in [6.45, 7) is 11.7. The Morgan fingerprint density at radius 1 is 0.795 bits per heavy atom. The standard InChI is InChI=1S/C33H49N5O4S2/c1-23-16-24(2)20-37(19-23)43(39,40)27-12-13-29-28(18-27)33(34-14-9-15-35(5)6)32-30(36(29)7)10-8-11-31(32)44(41,42)38-21-25(3)17-26(4)22-38/h8,10-13,18,23-26H,9,14-17,19-22H2,1-7H3. The zero-order valence-electron chi connectivity index (χ0n) is 27.3. The average Bonchev–Trinajstić information content (AvgIpc) is 2.95. The molecule has 0 radical (unpaired) electrons. The summed E-state index contributed by atoms with van der Waals surface area (Å²) in [5.74, 6) is 1.10. The normalized spacial score (nSPS) is 25.0. The van der Waals surface area contributed by atoms with Crippen LogP contribution < -0.4 is 5.36 Å². The van der Waals surface area contributed by atoms with E-state index < -0.39 is 20.0 Å². The first kappa shape index (κ1) is 33.1. The molecule has 2 aliphatic heterocycles. The quantitative estimate of drug-likeness (QED) is 0.266. The lowest BCUT2D eigenvalue weighted by Crippen LogP contribution is -2.42. The maximum atomic E-state index is 14.4. The van der Waals surface area contributed by atoms with Crippen molar-refractivity contribution in [1.82, 2.24) is 18.1 Å². The lowest BCUT2D eigenvalue weighted by atomic mass is 9.94. The van der Waals surface area contributed by atoms with Crippen LogP contribution in [-0.4, -0.2) is 88.3 Å². The van der Waals surface area contributed by atoms with Crippen molar-refractivity contribution in [3.8, 4) is 0 Å². The largest absolute Gasteiger partial charge is 0.343 e. The molecule has 5 rings (SSSR count). The molecule has 1 aromatic heterocycles. The van der Waals surface area contributed by atoms with Gasteiger partial charge in [-0.25, -0.2) is 16.8 Å². The Morgan fingerprint density at radius 3 is 1.93 bits per heavy atom. The van der Waals surface area contributed by atoms with Gasteiger partial charge in [-0.2, -0.15) is 8.61 Å². The summed E-state index contributed by atoms with van der Waals surface area (Å²) < 4.78 is 61.9. The molecule has 4 atom stereocenters. The fourth-order valence-corrected chi connectivity index (χ4v) is 10.9. The van der Waals surface area contributed by atoms with E-state index in [4.69, 9.17) is 4.99 Å². The van der Waals surface area contributed by atoms with Crippen molar-refractivity contribution in [2.24, 2.45) is 35.7 Å². The first-order valence-corrected chi connectivity index (χ1v) is 18.8. The molecule has 0 aliphatic carbocycles. The van der Waals surface area contributed by atoms with Gasteiger partial charge in [-0.1, -0.05) is 33.8 Å². The maximum absolute atomic E-state index is 14.4. The average molecular weight is 644 g/mol. The number of aromatic nitrogens is 1. The second-order valence-corrected chi connectivity index (χ2v) is 17.7. The summed E-state index contributed by atoms with van der Waals surface area (Å²) in [5.41, 5.74) is 1.55. The van der Waals surface area contributed by atoms with Crippen LogP contribution in [0, 0.1) is 23.7 Å². The van der Waals surface area contributed by atoms with Gasteiger partial charge in [-0.15, -0.1) is 0 Å². The van der Waals surface area contributed by atoms with E-state index in [2.05, 4.69) is 32.6 Å². The zero-order chi connectivity index (χ0) is 32.0. The summed E-state index contributed by atoms with van der Waals surface area (Å²) in [4.78, 5) is 7.59. The minimum atomic E-state index is -3.85. The Labute approximate surface area is 263 Å². The number of sulfonamides is 2. The highest BCUT2D eigenvalue weighted by molar-refractivity contribution is 7.89. The van der Waals surface area contributed by atoms with Gasteiger partial charge >= 0.3 is 0 Å². The Hall–Kier alpha value is -2.31. The third kappa shape index (κ3) is 6.49. The number of benzene rings is 2. The Bertz CT molecular complexity index is 1800. The molecule has 3 heterocycles. The highest BCUT2D eigenvalue weighted by atomic mass is 32.2. The second kappa shape index (κ2) is 12.8. The summed E-state index contributed by atoms with van der Waals surface area (Å²) in [6.07, 6.45) is 2.79. The third-order valence-electron chi connectivity index (χ3n) is 9.15. The zero-order valence-corrected chi connectivity index (χ0v) is 29.0. The molecule has 0 bridgehead atoms. The van der Waals surface area contributed by atoms with E-state index >= 15 is 0 Å². The molecule has 11 heteroatoms. The highest BCUT2D eigenvalue weighted by Crippen LogP contribution is 2.32. The molecule has 3 aromatic rings. The molecule has 0 N–H and O–H groups in total. The van der Waals surface area contributed by atoms with Crippen LogP contribution in [0.5, 0.6) is 0 Å². The lowest BCUT2D eigenvalue weighted by molar-refractivity contribution is 0.222. The van der Waals surface area contributed by atoms with Gasteiger partial charge in [-0.3, -0.25) is 4.99 Å². The van der Waals surface area contributed by atoms with Crippen LogP contribution in [0.25, 0.3) is 21.8 Å². The number of rotatable bonds is 8. The summed E-state index contributed by atoms with van der Waals surface area (Å²) in [5, 5.41) is 1.74. The molecule has 2 aliphatic rings. The third-order valence-corrected chi connectivity index (χ3v) is 12.8. The van der Waals surface area contributed by atoms with Crippen LogP contribution in [0.1, 0.15) is 47.0 Å². The molecule has 242 valence electrons. The fraction of sp³-hybridized carbons (Fsp3) is 0.606. The minimum absolute atomic E-state index is 0.217. The van der Waals surface area contributed by atoms with E-state index in [0.717, 1.165) is 36.8 Å². The smallest absolute Gasteiger partial charge is 0.243 e. The van der Waals surface area contributed by atoms with Crippen molar-refractivity contribution in [2.45, 2.75) is 56.7 Å². The van der Waals surface area contributed by atoms with Gasteiger partial charge in [0.25, 0.3) is 0 Å². The van der Waals surface area contributed by atoms with Gasteiger partial charge in [0.05, 0.1) is 26.2 Å². The minimum Gasteiger partial charge on any atom is -0.343 e. The van der Waals surface area contributed by atoms with Crippen LogP contribution in [0.2, 0.25) is 0 Å². The van der Waals surface area contributed by atoms with E-state index in [-0.39, 0.29) is 33.5 Å². The van der Waals surface area contributed by atoms with Gasteiger partial charge in [-0.05, 0) is 93.9 Å². The number of piperidine rings is 2. The Balaban J connectivity index is 1.76. The Morgan fingerprint density at radius 2 is 1.36 bits per heavy atom. The van der Waals surface area contributed by atoms with Crippen molar-refractivity contribution in [2.75, 3.05) is 53.4 Å². The predicted octanol–water partition coefficient (Wildman–Crippen LogP) is 4.52. The molecule has 9 nitrogen and oxygen atoms in total. The first-order valence-electron chi connectivity index (χ1n) is 15.9. The van der Waals surface area contributed by atoms with E-state index in [1.165, 1.54) is 0 Å². The summed E-state index contributed by atoms with van der Waals surface area (Å²) in [7, 11) is -1.68. The van der Waals surface area contributed by atoms with Crippen molar-refractivity contribution in [3.63, 3.8) is 0 Å². The van der Waals surface area contributed by atoms with Gasteiger partial charge in [0.2, 0.25) is 20.0 Å². The number of aryl methyl sites for hydroxylation is 1. The van der Waals surface area contributed by atoms with Crippen LogP contribution >= 0.6 is 0 Å². The number of fused-ring (bicyclic) bond motifs is 2. The molecular weight excluding hydrogens is 595 g/mol. The first-order chi connectivity index (χ1) is 20.7. The number of nitrogens with zero attached hydrogens (tertiary/aromatic N) is 5. The van der Waals surface area contributed by atoms with Gasteiger partial charge in [0.1, 0.15) is 0 Å². The van der Waals surface area contributed by atoms with E-state index in [1.807, 2.05) is 37.8 Å². The van der Waals surface area contributed by atoms with Crippen LogP contribution in [0.4, 0.5) is 0 Å². The molecule has 44 heavy (non-hydrogen) atoms. The molecule has 4 unspecified atom stereocenters. The predicted molar refractivity (Wildman–Crippen MR) is 177 cm³/mol.